The summed E-state index contributed by atoms with van der Waals surface area (Å²) in [6.45, 7) is 2.00. The first-order valence-corrected chi connectivity index (χ1v) is 8.56. The first-order valence-electron chi connectivity index (χ1n) is 8.56. The van der Waals surface area contributed by atoms with Gasteiger partial charge >= 0.3 is 5.97 Å². The Morgan fingerprint density at radius 3 is 2.68 bits per heavy atom. The summed E-state index contributed by atoms with van der Waals surface area (Å²) in [4.78, 5) is 34.6. The van der Waals surface area contributed by atoms with Gasteiger partial charge in [-0.05, 0) is 25.1 Å². The van der Waals surface area contributed by atoms with Gasteiger partial charge in [-0.2, -0.15) is 0 Å². The number of nitrogens with one attached hydrogen (secondary N) is 1. The molecule has 3 rings (SSSR count). The number of carbonyl (C=O) groups is 2. The van der Waals surface area contributed by atoms with Crippen LogP contribution < -0.4 is 14.8 Å². The van der Waals surface area contributed by atoms with Gasteiger partial charge in [0.1, 0.15) is 0 Å². The molecule has 146 valence electrons. The molecule has 2 aromatic rings. The van der Waals surface area contributed by atoms with Gasteiger partial charge in [-0.3, -0.25) is 14.9 Å². The van der Waals surface area contributed by atoms with Crippen molar-refractivity contribution in [3.05, 3.63) is 57.6 Å². The minimum atomic E-state index is -0.810. The summed E-state index contributed by atoms with van der Waals surface area (Å²) in [5, 5.41) is 13.6. The van der Waals surface area contributed by atoms with E-state index >= 15 is 0 Å². The third-order valence-electron chi connectivity index (χ3n) is 4.09. The van der Waals surface area contributed by atoms with E-state index in [4.69, 9.17) is 14.2 Å². The lowest BCUT2D eigenvalue weighted by atomic mass is 10.1. The molecule has 2 aromatic carbocycles. The van der Waals surface area contributed by atoms with Crippen molar-refractivity contribution in [2.24, 2.45) is 0 Å². The average Bonchev–Trinajstić information content (AvgIpc) is 2.91. The quantitative estimate of drug-likeness (QED) is 0.477. The van der Waals surface area contributed by atoms with Crippen LogP contribution in [0.4, 0.5) is 11.4 Å². The second kappa shape index (κ2) is 8.38. The average molecular weight is 386 g/mol. The smallest absolute Gasteiger partial charge is 0.339 e. The van der Waals surface area contributed by atoms with Crippen LogP contribution in [0.3, 0.4) is 0 Å². The van der Waals surface area contributed by atoms with Crippen LogP contribution in [0.2, 0.25) is 0 Å². The Labute approximate surface area is 160 Å². The van der Waals surface area contributed by atoms with Gasteiger partial charge < -0.3 is 19.5 Å². The van der Waals surface area contributed by atoms with Gasteiger partial charge in [-0.25, -0.2) is 4.79 Å². The molecule has 1 aliphatic heterocycles. The second-order valence-corrected chi connectivity index (χ2v) is 6.04. The summed E-state index contributed by atoms with van der Waals surface area (Å²) in [5.41, 5.74) is 0.501. The van der Waals surface area contributed by atoms with Crippen molar-refractivity contribution in [3.8, 4) is 11.5 Å². The molecule has 0 aromatic heterocycles. The van der Waals surface area contributed by atoms with Crippen molar-refractivity contribution in [3.63, 3.8) is 0 Å². The molecule has 1 N–H and O–H groups in total. The first kappa shape index (κ1) is 19.2. The van der Waals surface area contributed by atoms with E-state index in [2.05, 4.69) is 5.32 Å². The fourth-order valence-corrected chi connectivity index (χ4v) is 2.69. The van der Waals surface area contributed by atoms with Gasteiger partial charge in [-0.1, -0.05) is 6.07 Å². The Kier molecular flexibility index (Phi) is 5.73. The summed E-state index contributed by atoms with van der Waals surface area (Å²) in [6, 6.07) is 9.06. The van der Waals surface area contributed by atoms with Crippen LogP contribution in [0.15, 0.2) is 36.4 Å². The molecular formula is C19H18N2O7. The fraction of sp³-hybridized carbons (Fsp3) is 0.263. The van der Waals surface area contributed by atoms with Crippen LogP contribution in [0.5, 0.6) is 11.5 Å². The van der Waals surface area contributed by atoms with Gasteiger partial charge in [0.2, 0.25) is 0 Å². The van der Waals surface area contributed by atoms with E-state index in [9.17, 15) is 19.7 Å². The van der Waals surface area contributed by atoms with Gasteiger partial charge in [-0.15, -0.1) is 0 Å². The molecule has 0 saturated heterocycles. The van der Waals surface area contributed by atoms with E-state index in [0.29, 0.717) is 30.4 Å². The Hall–Kier alpha value is -3.62. The highest BCUT2D eigenvalue weighted by Crippen LogP contribution is 2.32. The number of rotatable bonds is 5. The van der Waals surface area contributed by atoms with E-state index in [1.807, 2.05) is 0 Å². The normalized spacial score (nSPS) is 12.6. The topological polar surface area (TPSA) is 117 Å². The number of hydrogen-bond acceptors (Lipinski definition) is 7. The summed E-state index contributed by atoms with van der Waals surface area (Å²) < 4.78 is 16.1. The number of esters is 1. The van der Waals surface area contributed by atoms with Crippen molar-refractivity contribution in [1.82, 2.24) is 0 Å². The zero-order valence-electron chi connectivity index (χ0n) is 15.1. The van der Waals surface area contributed by atoms with E-state index in [0.717, 1.165) is 6.42 Å². The number of hydrogen-bond donors (Lipinski definition) is 1. The van der Waals surface area contributed by atoms with Crippen LogP contribution in [0, 0.1) is 17.0 Å². The zero-order valence-corrected chi connectivity index (χ0v) is 15.1. The van der Waals surface area contributed by atoms with Crippen molar-refractivity contribution in [1.29, 1.82) is 0 Å². The molecule has 0 atom stereocenters. The van der Waals surface area contributed by atoms with E-state index in [-0.39, 0.29) is 16.8 Å². The fourth-order valence-electron chi connectivity index (χ4n) is 2.69. The molecule has 0 fully saturated rings. The highest BCUT2D eigenvalue weighted by Gasteiger charge is 2.20. The lowest BCUT2D eigenvalue weighted by Gasteiger charge is -2.11. The van der Waals surface area contributed by atoms with E-state index in [1.54, 1.807) is 18.2 Å². The zero-order chi connectivity index (χ0) is 20.1. The molecule has 1 amide bonds. The Bertz CT molecular complexity index is 926. The summed E-state index contributed by atoms with van der Waals surface area (Å²) in [7, 11) is 0. The van der Waals surface area contributed by atoms with Crippen molar-refractivity contribution >= 4 is 23.3 Å². The molecule has 9 heteroatoms. The minimum absolute atomic E-state index is 0.0394. The highest BCUT2D eigenvalue weighted by atomic mass is 16.6. The Morgan fingerprint density at radius 1 is 1.18 bits per heavy atom. The Balaban J connectivity index is 1.60. The van der Waals surface area contributed by atoms with Crippen LogP contribution in [0.1, 0.15) is 22.3 Å². The largest absolute Gasteiger partial charge is 0.490 e. The molecule has 28 heavy (non-hydrogen) atoms. The van der Waals surface area contributed by atoms with Crippen molar-refractivity contribution in [2.45, 2.75) is 13.3 Å². The number of fused-ring (bicyclic) bond motifs is 1. The van der Waals surface area contributed by atoms with Crippen LogP contribution in [-0.2, 0) is 9.53 Å². The SMILES string of the molecule is Cc1c(C(=O)OCC(=O)Nc2ccc3c(c2)OCCCO3)cccc1[N+](=O)[O-]. The van der Waals surface area contributed by atoms with Crippen LogP contribution in [0.25, 0.3) is 0 Å². The van der Waals surface area contributed by atoms with Crippen molar-refractivity contribution < 1.29 is 28.7 Å². The number of nitro benzene ring substituents is 1. The number of ether oxygens (including phenoxy) is 3. The van der Waals surface area contributed by atoms with Gasteiger partial charge in [0.25, 0.3) is 11.6 Å². The molecule has 0 spiro atoms. The predicted octanol–water partition coefficient (Wildman–Crippen LogP) is 2.86. The van der Waals surface area contributed by atoms with Crippen LogP contribution in [-0.4, -0.2) is 36.6 Å². The molecule has 0 bridgehead atoms. The molecule has 0 radical (unpaired) electrons. The third-order valence-corrected chi connectivity index (χ3v) is 4.09. The van der Waals surface area contributed by atoms with Gasteiger partial charge in [0, 0.05) is 29.8 Å². The number of anilines is 1. The van der Waals surface area contributed by atoms with Gasteiger partial charge in [0.05, 0.1) is 23.7 Å². The van der Waals surface area contributed by atoms with E-state index in [1.165, 1.54) is 25.1 Å². The molecule has 1 aliphatic rings. The number of amides is 1. The first-order chi connectivity index (χ1) is 13.5. The van der Waals surface area contributed by atoms with Crippen molar-refractivity contribution in [2.75, 3.05) is 25.1 Å². The van der Waals surface area contributed by atoms with E-state index < -0.39 is 23.4 Å². The molecular weight excluding hydrogens is 368 g/mol. The van der Waals surface area contributed by atoms with Gasteiger partial charge in [0.15, 0.2) is 18.1 Å². The Morgan fingerprint density at radius 2 is 1.93 bits per heavy atom. The highest BCUT2D eigenvalue weighted by molar-refractivity contribution is 5.96. The predicted molar refractivity (Wildman–Crippen MR) is 98.8 cm³/mol. The second-order valence-electron chi connectivity index (χ2n) is 6.04. The number of carbonyl (C=O) groups excluding carboxylic acids is 2. The lowest BCUT2D eigenvalue weighted by molar-refractivity contribution is -0.385. The molecule has 0 saturated carbocycles. The monoisotopic (exact) mass is 386 g/mol. The lowest BCUT2D eigenvalue weighted by Crippen LogP contribution is -2.21. The van der Waals surface area contributed by atoms with Crippen LogP contribution >= 0.6 is 0 Å². The molecule has 0 aliphatic carbocycles. The number of nitrogens with zero attached hydrogens (tertiary/aromatic N) is 1. The molecule has 0 unspecified atom stereocenters. The minimum Gasteiger partial charge on any atom is -0.490 e. The standard InChI is InChI=1S/C19H18N2O7/c1-12-14(4-2-5-15(12)21(24)25)19(23)28-11-18(22)20-13-6-7-16-17(10-13)27-9-3-8-26-16/h2,4-7,10H,3,8-9,11H2,1H3,(H,20,22). The summed E-state index contributed by atoms with van der Waals surface area (Å²) in [6.07, 6.45) is 0.767. The maximum absolute atomic E-state index is 12.2. The third kappa shape index (κ3) is 4.37. The number of benzene rings is 2. The molecule has 1 heterocycles. The molecule has 9 nitrogen and oxygen atoms in total. The summed E-state index contributed by atoms with van der Waals surface area (Å²) in [5.74, 6) is -0.233. The summed E-state index contributed by atoms with van der Waals surface area (Å²) >= 11 is 0. The maximum atomic E-state index is 12.2. The maximum Gasteiger partial charge on any atom is 0.339 e. The number of nitro groups is 1.